The van der Waals surface area contributed by atoms with Gasteiger partial charge in [0.2, 0.25) is 0 Å². The molecule has 0 aromatic carbocycles. The van der Waals surface area contributed by atoms with E-state index in [0.717, 1.165) is 6.21 Å². The molecule has 0 saturated heterocycles. The van der Waals surface area contributed by atoms with Crippen LogP contribution in [0.5, 0.6) is 0 Å². The van der Waals surface area contributed by atoms with Gasteiger partial charge in [-0.3, -0.25) is 0 Å². The lowest BCUT2D eigenvalue weighted by molar-refractivity contribution is -0.132. The molecule has 0 atom stereocenters. The first-order chi connectivity index (χ1) is 3.81. The van der Waals surface area contributed by atoms with Crippen molar-refractivity contribution in [3.8, 4) is 0 Å². The summed E-state index contributed by atoms with van der Waals surface area (Å²) in [5, 5.41) is 3.14. The predicted octanol–water partition coefficient (Wildman–Crippen LogP) is -0.208. The number of hydrogen-bond donors (Lipinski definition) is 0. The summed E-state index contributed by atoms with van der Waals surface area (Å²) in [6, 6.07) is 0. The largest absolute Gasteiger partial charge is 0.465 e. The van der Waals surface area contributed by atoms with Crippen molar-refractivity contribution in [2.24, 2.45) is 5.16 Å². The second-order valence-electron chi connectivity index (χ2n) is 0.940. The van der Waals surface area contributed by atoms with Crippen molar-refractivity contribution in [2.45, 2.75) is 0 Å². The predicted molar refractivity (Wildman–Crippen MR) is 27.5 cm³/mol. The lowest BCUT2D eigenvalue weighted by Gasteiger charge is -1.86. The van der Waals surface area contributed by atoms with Gasteiger partial charge >= 0.3 is 5.97 Å². The van der Waals surface area contributed by atoms with Crippen molar-refractivity contribution in [1.82, 2.24) is 0 Å². The Morgan fingerprint density at radius 3 is 2.62 bits per heavy atom. The molecule has 0 bridgehead atoms. The molecule has 0 unspecified atom stereocenters. The molecule has 0 rings (SSSR count). The van der Waals surface area contributed by atoms with Crippen LogP contribution in [0.25, 0.3) is 0 Å². The first kappa shape index (κ1) is 6.94. The van der Waals surface area contributed by atoms with Crippen LogP contribution in [0.1, 0.15) is 0 Å². The average Bonchev–Trinajstić information content (AvgIpc) is 1.83. The van der Waals surface area contributed by atoms with E-state index in [4.69, 9.17) is 0 Å². The summed E-state index contributed by atoms with van der Waals surface area (Å²) in [5.41, 5.74) is 0. The van der Waals surface area contributed by atoms with Crippen LogP contribution in [0.2, 0.25) is 0 Å². The highest BCUT2D eigenvalue weighted by Gasteiger charge is 1.88. The molecule has 0 spiro atoms. The van der Waals surface area contributed by atoms with Crippen LogP contribution in [-0.2, 0) is 14.4 Å². The molecule has 0 aliphatic carbocycles. The van der Waals surface area contributed by atoms with Crippen molar-refractivity contribution < 1.29 is 14.4 Å². The van der Waals surface area contributed by atoms with Gasteiger partial charge in [0.1, 0.15) is 7.11 Å². The standard InChI is InChI=1S/C4H7NO3/c1-7-4(6)3-5-8-2/h3H,1-2H3/b5-3+. The lowest BCUT2D eigenvalue weighted by Crippen LogP contribution is -2.00. The van der Waals surface area contributed by atoms with E-state index in [1.807, 2.05) is 0 Å². The molecule has 46 valence electrons. The Balaban J connectivity index is 3.37. The summed E-state index contributed by atoms with van der Waals surface area (Å²) in [4.78, 5) is 14.3. The lowest BCUT2D eigenvalue weighted by atomic mass is 10.8. The van der Waals surface area contributed by atoms with E-state index in [9.17, 15) is 4.79 Å². The Hall–Kier alpha value is -1.06. The van der Waals surface area contributed by atoms with Gasteiger partial charge in [-0.1, -0.05) is 5.16 Å². The molecule has 0 aromatic heterocycles. The fourth-order valence-electron chi connectivity index (χ4n) is 0.148. The molecule has 0 saturated carbocycles. The van der Waals surface area contributed by atoms with Crippen LogP contribution in [0, 0.1) is 0 Å². The van der Waals surface area contributed by atoms with Gasteiger partial charge in [0, 0.05) is 0 Å². The SMILES string of the molecule is CO/N=C/C(=O)OC. The molecule has 0 aliphatic heterocycles. The first-order valence-electron chi connectivity index (χ1n) is 1.95. The Morgan fingerprint density at radius 1 is 1.62 bits per heavy atom. The van der Waals surface area contributed by atoms with E-state index in [-0.39, 0.29) is 0 Å². The summed E-state index contributed by atoms with van der Waals surface area (Å²) >= 11 is 0. The van der Waals surface area contributed by atoms with Gasteiger partial charge in [0.15, 0.2) is 6.21 Å². The number of carbonyl (C=O) groups is 1. The van der Waals surface area contributed by atoms with Crippen molar-refractivity contribution in [1.29, 1.82) is 0 Å². The molecule has 8 heavy (non-hydrogen) atoms. The zero-order valence-corrected chi connectivity index (χ0v) is 4.75. The van der Waals surface area contributed by atoms with Gasteiger partial charge in [-0.25, -0.2) is 4.79 Å². The molecule has 0 N–H and O–H groups in total. The Bertz CT molecular complexity index is 99.5. The van der Waals surface area contributed by atoms with E-state index in [0.29, 0.717) is 0 Å². The van der Waals surface area contributed by atoms with Crippen molar-refractivity contribution >= 4 is 12.2 Å². The van der Waals surface area contributed by atoms with Gasteiger partial charge in [0.25, 0.3) is 0 Å². The van der Waals surface area contributed by atoms with Crippen molar-refractivity contribution in [2.75, 3.05) is 14.2 Å². The minimum atomic E-state index is -0.521. The highest BCUT2D eigenvalue weighted by atomic mass is 16.6. The van der Waals surface area contributed by atoms with E-state index in [2.05, 4.69) is 14.7 Å². The number of rotatable bonds is 2. The van der Waals surface area contributed by atoms with Gasteiger partial charge in [-0.15, -0.1) is 0 Å². The summed E-state index contributed by atoms with van der Waals surface area (Å²) < 4.78 is 4.18. The maximum atomic E-state index is 10.1. The monoisotopic (exact) mass is 117 g/mol. The number of hydrogen-bond acceptors (Lipinski definition) is 4. The van der Waals surface area contributed by atoms with Crippen LogP contribution in [0.4, 0.5) is 0 Å². The minimum absolute atomic E-state index is 0.521. The molecular weight excluding hydrogens is 110 g/mol. The summed E-state index contributed by atoms with van der Waals surface area (Å²) in [7, 11) is 2.61. The molecule has 4 nitrogen and oxygen atoms in total. The third kappa shape index (κ3) is 3.14. The number of ether oxygens (including phenoxy) is 1. The smallest absolute Gasteiger partial charge is 0.352 e. The Morgan fingerprint density at radius 2 is 2.25 bits per heavy atom. The van der Waals surface area contributed by atoms with Crippen LogP contribution >= 0.6 is 0 Å². The molecule has 4 heteroatoms. The van der Waals surface area contributed by atoms with Gasteiger partial charge in [0.05, 0.1) is 7.11 Å². The number of oxime groups is 1. The topological polar surface area (TPSA) is 47.9 Å². The summed E-state index contributed by atoms with van der Waals surface area (Å²) in [6.45, 7) is 0. The van der Waals surface area contributed by atoms with Gasteiger partial charge < -0.3 is 9.57 Å². The molecule has 0 amide bonds. The average molecular weight is 117 g/mol. The normalized spacial score (nSPS) is 9.25. The molecule has 0 aliphatic rings. The molecular formula is C4H7NO3. The maximum Gasteiger partial charge on any atom is 0.352 e. The fourth-order valence-corrected chi connectivity index (χ4v) is 0.148. The fraction of sp³-hybridized carbons (Fsp3) is 0.500. The zero-order chi connectivity index (χ0) is 6.41. The number of nitrogens with zero attached hydrogens (tertiary/aromatic N) is 1. The number of carbonyl (C=O) groups excluding carboxylic acids is 1. The second kappa shape index (κ2) is 4.11. The van der Waals surface area contributed by atoms with E-state index in [1.165, 1.54) is 14.2 Å². The summed E-state index contributed by atoms with van der Waals surface area (Å²) in [6.07, 6.45) is 0.944. The van der Waals surface area contributed by atoms with Crippen LogP contribution in [0.3, 0.4) is 0 Å². The third-order valence-corrected chi connectivity index (χ3v) is 0.465. The van der Waals surface area contributed by atoms with Crippen LogP contribution in [0.15, 0.2) is 5.16 Å². The molecule has 0 heterocycles. The number of methoxy groups -OCH3 is 1. The summed E-state index contributed by atoms with van der Waals surface area (Å²) in [5.74, 6) is -0.521. The van der Waals surface area contributed by atoms with Crippen molar-refractivity contribution in [3.63, 3.8) is 0 Å². The number of esters is 1. The molecule has 0 radical (unpaired) electrons. The second-order valence-corrected chi connectivity index (χ2v) is 0.940. The third-order valence-electron chi connectivity index (χ3n) is 0.465. The van der Waals surface area contributed by atoms with Crippen molar-refractivity contribution in [3.05, 3.63) is 0 Å². The van der Waals surface area contributed by atoms with Gasteiger partial charge in [-0.05, 0) is 0 Å². The molecule has 0 fully saturated rings. The first-order valence-corrected chi connectivity index (χ1v) is 1.95. The minimum Gasteiger partial charge on any atom is -0.465 e. The van der Waals surface area contributed by atoms with Crippen LogP contribution in [-0.4, -0.2) is 26.4 Å². The maximum absolute atomic E-state index is 10.1. The Labute approximate surface area is 47.1 Å². The van der Waals surface area contributed by atoms with Crippen LogP contribution < -0.4 is 0 Å². The van der Waals surface area contributed by atoms with E-state index in [1.54, 1.807) is 0 Å². The van der Waals surface area contributed by atoms with E-state index < -0.39 is 5.97 Å². The van der Waals surface area contributed by atoms with Gasteiger partial charge in [-0.2, -0.15) is 0 Å². The Kier molecular flexibility index (Phi) is 3.56. The quantitative estimate of drug-likeness (QED) is 0.285. The molecule has 0 aromatic rings. The highest BCUT2D eigenvalue weighted by molar-refractivity contribution is 6.22. The zero-order valence-electron chi connectivity index (χ0n) is 4.75. The van der Waals surface area contributed by atoms with E-state index >= 15 is 0 Å². The highest BCUT2D eigenvalue weighted by Crippen LogP contribution is 1.67.